The van der Waals surface area contributed by atoms with Gasteiger partial charge in [0.05, 0.1) is 10.6 Å². The van der Waals surface area contributed by atoms with Crippen LogP contribution >= 0.6 is 11.6 Å². The quantitative estimate of drug-likeness (QED) is 0.732. The summed E-state index contributed by atoms with van der Waals surface area (Å²) in [7, 11) is 1.99. The van der Waals surface area contributed by atoms with Crippen LogP contribution in [0.1, 0.15) is 30.6 Å². The summed E-state index contributed by atoms with van der Waals surface area (Å²) >= 11 is 5.98. The first kappa shape index (κ1) is 13.0. The van der Waals surface area contributed by atoms with Crippen molar-refractivity contribution >= 4 is 23.6 Å². The van der Waals surface area contributed by atoms with Crippen LogP contribution in [0.15, 0.2) is 18.2 Å². The molecule has 0 N–H and O–H groups in total. The molecule has 0 saturated carbocycles. The molecule has 0 aliphatic carbocycles. The molecule has 0 aliphatic heterocycles. The van der Waals surface area contributed by atoms with Crippen molar-refractivity contribution in [2.24, 2.45) is 5.92 Å². The zero-order chi connectivity index (χ0) is 12.1. The van der Waals surface area contributed by atoms with Gasteiger partial charge in [-0.15, -0.1) is 0 Å². The SMILES string of the molecule is CC(C)CCN(C)c1cccc(Cl)c1C=O. The number of carbonyl (C=O) groups excluding carboxylic acids is 1. The second kappa shape index (κ2) is 5.90. The van der Waals surface area contributed by atoms with Crippen LogP contribution in [0.2, 0.25) is 5.02 Å². The summed E-state index contributed by atoms with van der Waals surface area (Å²) in [5, 5.41) is 0.517. The van der Waals surface area contributed by atoms with Crippen molar-refractivity contribution < 1.29 is 4.79 Å². The van der Waals surface area contributed by atoms with E-state index in [2.05, 4.69) is 18.7 Å². The minimum Gasteiger partial charge on any atom is -0.374 e. The van der Waals surface area contributed by atoms with Crippen molar-refractivity contribution in [3.05, 3.63) is 28.8 Å². The van der Waals surface area contributed by atoms with Gasteiger partial charge < -0.3 is 4.90 Å². The van der Waals surface area contributed by atoms with E-state index in [9.17, 15) is 4.79 Å². The van der Waals surface area contributed by atoms with Gasteiger partial charge >= 0.3 is 0 Å². The molecule has 0 atom stereocenters. The van der Waals surface area contributed by atoms with Gasteiger partial charge in [0.2, 0.25) is 0 Å². The van der Waals surface area contributed by atoms with Gasteiger partial charge in [-0.1, -0.05) is 31.5 Å². The Morgan fingerprint density at radius 1 is 1.44 bits per heavy atom. The molecule has 1 rings (SSSR count). The molecule has 0 fully saturated rings. The van der Waals surface area contributed by atoms with E-state index < -0.39 is 0 Å². The molecule has 0 unspecified atom stereocenters. The smallest absolute Gasteiger partial charge is 0.153 e. The van der Waals surface area contributed by atoms with E-state index >= 15 is 0 Å². The summed E-state index contributed by atoms with van der Waals surface area (Å²) in [5.74, 6) is 0.654. The summed E-state index contributed by atoms with van der Waals surface area (Å²) in [4.78, 5) is 13.1. The highest BCUT2D eigenvalue weighted by Gasteiger charge is 2.10. The number of rotatable bonds is 5. The molecule has 2 nitrogen and oxygen atoms in total. The fraction of sp³-hybridized carbons (Fsp3) is 0.462. The predicted molar refractivity (Wildman–Crippen MR) is 69.6 cm³/mol. The summed E-state index contributed by atoms with van der Waals surface area (Å²) < 4.78 is 0. The molecule has 1 aromatic carbocycles. The van der Waals surface area contributed by atoms with E-state index in [1.165, 1.54) is 0 Å². The van der Waals surface area contributed by atoms with E-state index in [4.69, 9.17) is 11.6 Å². The van der Waals surface area contributed by atoms with Crippen LogP contribution in [0.3, 0.4) is 0 Å². The second-order valence-corrected chi connectivity index (χ2v) is 4.80. The first-order valence-corrected chi connectivity index (χ1v) is 5.89. The fourth-order valence-corrected chi connectivity index (χ4v) is 1.76. The average Bonchev–Trinajstić information content (AvgIpc) is 2.25. The van der Waals surface area contributed by atoms with Gasteiger partial charge in [-0.3, -0.25) is 4.79 Å². The van der Waals surface area contributed by atoms with Gasteiger partial charge in [0.1, 0.15) is 0 Å². The van der Waals surface area contributed by atoms with E-state index in [0.717, 1.165) is 24.9 Å². The summed E-state index contributed by atoms with van der Waals surface area (Å²) in [6.07, 6.45) is 1.92. The van der Waals surface area contributed by atoms with E-state index in [1.807, 2.05) is 19.2 Å². The average molecular weight is 240 g/mol. The lowest BCUT2D eigenvalue weighted by Gasteiger charge is -2.22. The maximum absolute atomic E-state index is 11.0. The summed E-state index contributed by atoms with van der Waals surface area (Å²) in [6, 6.07) is 5.54. The van der Waals surface area contributed by atoms with Crippen LogP contribution in [0.4, 0.5) is 5.69 Å². The highest BCUT2D eigenvalue weighted by Crippen LogP contribution is 2.25. The van der Waals surface area contributed by atoms with Crippen molar-refractivity contribution in [1.82, 2.24) is 0 Å². The monoisotopic (exact) mass is 239 g/mol. The molecule has 0 aliphatic rings. The van der Waals surface area contributed by atoms with Crippen LogP contribution in [-0.4, -0.2) is 19.9 Å². The van der Waals surface area contributed by atoms with Crippen LogP contribution in [-0.2, 0) is 0 Å². The number of aldehydes is 1. The molecule has 0 heterocycles. The van der Waals surface area contributed by atoms with E-state index in [0.29, 0.717) is 16.5 Å². The number of hydrogen-bond acceptors (Lipinski definition) is 2. The Balaban J connectivity index is 2.86. The predicted octanol–water partition coefficient (Wildman–Crippen LogP) is 3.63. The Morgan fingerprint density at radius 3 is 2.69 bits per heavy atom. The lowest BCUT2D eigenvalue weighted by molar-refractivity contribution is 0.112. The highest BCUT2D eigenvalue weighted by atomic mass is 35.5. The molecule has 0 saturated heterocycles. The summed E-state index contributed by atoms with van der Waals surface area (Å²) in [6.45, 7) is 5.30. The number of carbonyl (C=O) groups is 1. The van der Waals surface area contributed by atoms with Gasteiger partial charge in [-0.05, 0) is 24.5 Å². The molecule has 88 valence electrons. The Bertz CT molecular complexity index is 363. The minimum atomic E-state index is 0.517. The fourth-order valence-electron chi connectivity index (χ4n) is 1.55. The molecule has 1 aromatic rings. The van der Waals surface area contributed by atoms with Gasteiger partial charge in [0, 0.05) is 19.3 Å². The molecule has 0 amide bonds. The molecule has 3 heteroatoms. The molecule has 0 bridgehead atoms. The highest BCUT2D eigenvalue weighted by molar-refractivity contribution is 6.33. The first-order valence-electron chi connectivity index (χ1n) is 5.51. The largest absolute Gasteiger partial charge is 0.374 e. The zero-order valence-electron chi connectivity index (χ0n) is 10.0. The number of benzene rings is 1. The van der Waals surface area contributed by atoms with Crippen LogP contribution < -0.4 is 4.90 Å². The Morgan fingerprint density at radius 2 is 2.12 bits per heavy atom. The third-order valence-electron chi connectivity index (χ3n) is 2.60. The van der Waals surface area contributed by atoms with E-state index in [-0.39, 0.29) is 0 Å². The van der Waals surface area contributed by atoms with Crippen molar-refractivity contribution in [2.75, 3.05) is 18.5 Å². The minimum absolute atomic E-state index is 0.517. The van der Waals surface area contributed by atoms with Gasteiger partial charge in [-0.25, -0.2) is 0 Å². The van der Waals surface area contributed by atoms with Crippen LogP contribution in [0.25, 0.3) is 0 Å². The Hall–Kier alpha value is -1.02. The molecular formula is C13H18ClNO. The maximum Gasteiger partial charge on any atom is 0.153 e. The molecular weight excluding hydrogens is 222 g/mol. The Kier molecular flexibility index (Phi) is 4.81. The van der Waals surface area contributed by atoms with Crippen molar-refractivity contribution in [3.63, 3.8) is 0 Å². The maximum atomic E-state index is 11.0. The number of nitrogens with zero attached hydrogens (tertiary/aromatic N) is 1. The van der Waals surface area contributed by atoms with Crippen molar-refractivity contribution in [1.29, 1.82) is 0 Å². The third-order valence-corrected chi connectivity index (χ3v) is 2.93. The van der Waals surface area contributed by atoms with Gasteiger partial charge in [0.15, 0.2) is 6.29 Å². The van der Waals surface area contributed by atoms with Gasteiger partial charge in [0.25, 0.3) is 0 Å². The van der Waals surface area contributed by atoms with E-state index in [1.54, 1.807) is 6.07 Å². The second-order valence-electron chi connectivity index (χ2n) is 4.39. The van der Waals surface area contributed by atoms with Crippen LogP contribution in [0.5, 0.6) is 0 Å². The molecule has 16 heavy (non-hydrogen) atoms. The molecule has 0 aromatic heterocycles. The van der Waals surface area contributed by atoms with Crippen molar-refractivity contribution in [3.8, 4) is 0 Å². The van der Waals surface area contributed by atoms with Crippen molar-refractivity contribution in [2.45, 2.75) is 20.3 Å². The summed E-state index contributed by atoms with van der Waals surface area (Å²) in [5.41, 5.74) is 1.48. The van der Waals surface area contributed by atoms with Gasteiger partial charge in [-0.2, -0.15) is 0 Å². The third kappa shape index (κ3) is 3.24. The number of anilines is 1. The number of halogens is 1. The lowest BCUT2D eigenvalue weighted by atomic mass is 10.1. The first-order chi connectivity index (χ1) is 7.56. The zero-order valence-corrected chi connectivity index (χ0v) is 10.8. The molecule has 0 radical (unpaired) electrons. The van der Waals surface area contributed by atoms with Crippen LogP contribution in [0, 0.1) is 5.92 Å². The lowest BCUT2D eigenvalue weighted by Crippen LogP contribution is -2.21. The topological polar surface area (TPSA) is 20.3 Å². The Labute approximate surface area is 102 Å². The normalized spacial score (nSPS) is 10.6. The number of hydrogen-bond donors (Lipinski definition) is 0. The standard InChI is InChI=1S/C13H18ClNO/c1-10(2)7-8-15(3)13-6-4-5-12(14)11(13)9-16/h4-6,9-10H,7-8H2,1-3H3. The molecule has 0 spiro atoms.